The van der Waals surface area contributed by atoms with Crippen LogP contribution in [0, 0.1) is 18.3 Å². The number of hydrogen-bond donors (Lipinski definition) is 2. The van der Waals surface area contributed by atoms with Crippen LogP contribution in [0.4, 0.5) is 4.79 Å². The average Bonchev–Trinajstić information content (AvgIpc) is 2.76. The van der Waals surface area contributed by atoms with Gasteiger partial charge in [0.15, 0.2) is 0 Å². The van der Waals surface area contributed by atoms with Crippen molar-refractivity contribution in [2.45, 2.75) is 105 Å². The molecule has 0 radical (unpaired) electrons. The van der Waals surface area contributed by atoms with Crippen LogP contribution in [-0.2, 0) is 14.3 Å². The maximum Gasteiger partial charge on any atom is 0.408 e. The Balaban J connectivity index is 3.45. The molecule has 1 aromatic carbocycles. The Kier molecular flexibility index (Phi) is 12.5. The molecule has 3 atom stereocenters. The topological polar surface area (TPSA) is 87.7 Å². The van der Waals surface area contributed by atoms with Gasteiger partial charge in [-0.15, -0.1) is 6.42 Å². The number of amides is 3. The Labute approximate surface area is 217 Å². The molecule has 0 bridgehead atoms. The summed E-state index contributed by atoms with van der Waals surface area (Å²) in [6.07, 6.45) is 7.67. The van der Waals surface area contributed by atoms with Crippen LogP contribution in [0.2, 0.25) is 0 Å². The molecule has 7 heteroatoms. The summed E-state index contributed by atoms with van der Waals surface area (Å²) >= 11 is 0. The molecule has 36 heavy (non-hydrogen) atoms. The summed E-state index contributed by atoms with van der Waals surface area (Å²) in [6, 6.07) is 5.38. The van der Waals surface area contributed by atoms with E-state index in [2.05, 4.69) is 23.5 Å². The lowest BCUT2D eigenvalue weighted by atomic mass is 9.98. The predicted molar refractivity (Wildman–Crippen MR) is 144 cm³/mol. The van der Waals surface area contributed by atoms with E-state index in [-0.39, 0.29) is 23.8 Å². The first-order valence-corrected chi connectivity index (χ1v) is 13.0. The van der Waals surface area contributed by atoms with Crippen LogP contribution in [0.25, 0.3) is 0 Å². The van der Waals surface area contributed by atoms with Crippen molar-refractivity contribution in [2.24, 2.45) is 5.92 Å². The number of ether oxygens (including phenoxy) is 1. The normalized spacial score (nSPS) is 13.8. The Morgan fingerprint density at radius 2 is 1.64 bits per heavy atom. The largest absolute Gasteiger partial charge is 0.444 e. The molecule has 0 aromatic heterocycles. The molecule has 0 aliphatic heterocycles. The van der Waals surface area contributed by atoms with Crippen LogP contribution in [0.1, 0.15) is 98.2 Å². The van der Waals surface area contributed by atoms with Crippen molar-refractivity contribution >= 4 is 17.9 Å². The molecule has 0 saturated carbocycles. The van der Waals surface area contributed by atoms with Gasteiger partial charge in [-0.1, -0.05) is 52.2 Å². The maximum absolute atomic E-state index is 14.0. The molecule has 1 rings (SSSR count). The lowest BCUT2D eigenvalue weighted by Crippen LogP contribution is -2.54. The van der Waals surface area contributed by atoms with E-state index in [0.717, 1.165) is 12.8 Å². The lowest BCUT2D eigenvalue weighted by Gasteiger charge is -2.35. The van der Waals surface area contributed by atoms with Crippen LogP contribution >= 0.6 is 0 Å². The van der Waals surface area contributed by atoms with Gasteiger partial charge in [0, 0.05) is 18.2 Å². The number of nitrogens with one attached hydrogen (secondary N) is 2. The van der Waals surface area contributed by atoms with Crippen LogP contribution in [0.15, 0.2) is 24.3 Å². The Morgan fingerprint density at radius 1 is 1.03 bits per heavy atom. The van der Waals surface area contributed by atoms with E-state index >= 15 is 0 Å². The number of rotatable bonds is 12. The van der Waals surface area contributed by atoms with E-state index in [9.17, 15) is 14.4 Å². The third kappa shape index (κ3) is 10.3. The summed E-state index contributed by atoms with van der Waals surface area (Å²) < 4.78 is 5.42. The number of nitrogens with zero attached hydrogens (tertiary/aromatic N) is 1. The number of carbonyl (C=O) groups excluding carboxylic acids is 3. The van der Waals surface area contributed by atoms with Crippen molar-refractivity contribution < 1.29 is 19.1 Å². The zero-order valence-electron chi connectivity index (χ0n) is 23.3. The average molecular weight is 500 g/mol. The van der Waals surface area contributed by atoms with E-state index in [1.165, 1.54) is 0 Å². The summed E-state index contributed by atoms with van der Waals surface area (Å²) in [5.74, 6) is 2.14. The molecule has 0 aliphatic rings. The van der Waals surface area contributed by atoms with E-state index in [1.54, 1.807) is 49.9 Å². The first-order chi connectivity index (χ1) is 16.8. The van der Waals surface area contributed by atoms with Gasteiger partial charge in [0.05, 0.1) is 0 Å². The zero-order chi connectivity index (χ0) is 27.5. The minimum absolute atomic E-state index is 0.0418. The van der Waals surface area contributed by atoms with Gasteiger partial charge in [0.2, 0.25) is 11.8 Å². The maximum atomic E-state index is 14.0. The molecule has 0 heterocycles. The minimum atomic E-state index is -0.862. The second-order valence-electron chi connectivity index (χ2n) is 10.7. The zero-order valence-corrected chi connectivity index (χ0v) is 23.3. The molecular weight excluding hydrogens is 454 g/mol. The van der Waals surface area contributed by atoms with Crippen LogP contribution in [0.5, 0.6) is 0 Å². The fourth-order valence-corrected chi connectivity index (χ4v) is 4.01. The molecule has 1 aromatic rings. The number of alkyl carbamates (subject to hydrolysis) is 1. The molecule has 0 spiro atoms. The number of hydrogen-bond acceptors (Lipinski definition) is 4. The Bertz CT molecular complexity index is 897. The molecule has 0 fully saturated rings. The van der Waals surface area contributed by atoms with Crippen molar-refractivity contribution in [2.75, 3.05) is 6.54 Å². The second kappa shape index (κ2) is 14.5. The first kappa shape index (κ1) is 31.0. The molecule has 0 saturated heterocycles. The lowest BCUT2D eigenvalue weighted by molar-refractivity contribution is -0.143. The van der Waals surface area contributed by atoms with Crippen molar-refractivity contribution in [1.82, 2.24) is 15.5 Å². The highest BCUT2D eigenvalue weighted by molar-refractivity contribution is 5.92. The summed E-state index contributed by atoms with van der Waals surface area (Å²) in [7, 11) is 0. The third-order valence-electron chi connectivity index (χ3n) is 5.51. The van der Waals surface area contributed by atoms with Crippen molar-refractivity contribution in [3.63, 3.8) is 0 Å². The minimum Gasteiger partial charge on any atom is -0.444 e. The molecule has 0 aliphatic carbocycles. The molecular formula is C29H45N3O4. The SMILES string of the molecule is C#Cc1ccc(C(C(=O)NC(C)CCC)N(CCC)C(=O)C(CC(C)C)NC(=O)OC(C)(C)C)cc1. The summed E-state index contributed by atoms with van der Waals surface area (Å²) in [4.78, 5) is 41.7. The summed E-state index contributed by atoms with van der Waals surface area (Å²) in [6.45, 7) is 15.6. The Hall–Kier alpha value is -3.01. The first-order valence-electron chi connectivity index (χ1n) is 13.0. The predicted octanol–water partition coefficient (Wildman–Crippen LogP) is 5.19. The van der Waals surface area contributed by atoms with Crippen molar-refractivity contribution in [1.29, 1.82) is 0 Å². The standard InChI is InChI=1S/C29H45N3O4/c1-10-13-21(6)30-26(33)25(23-16-14-22(12-3)15-17-23)32(18-11-2)27(34)24(19-20(4)5)31-28(35)36-29(7,8)9/h3,14-17,20-21,24-25H,10-11,13,18-19H2,1-2,4-9H3,(H,30,33)(H,31,35). The second-order valence-corrected chi connectivity index (χ2v) is 10.7. The van der Waals surface area contributed by atoms with E-state index in [0.29, 0.717) is 30.5 Å². The molecule has 7 nitrogen and oxygen atoms in total. The molecule has 2 N–H and O–H groups in total. The number of carbonyl (C=O) groups is 3. The fourth-order valence-electron chi connectivity index (χ4n) is 4.01. The summed E-state index contributed by atoms with van der Waals surface area (Å²) in [5.41, 5.74) is 0.655. The van der Waals surface area contributed by atoms with Gasteiger partial charge >= 0.3 is 6.09 Å². The highest BCUT2D eigenvalue weighted by Crippen LogP contribution is 2.25. The highest BCUT2D eigenvalue weighted by Gasteiger charge is 2.36. The fraction of sp³-hybridized carbons (Fsp3) is 0.621. The number of benzene rings is 1. The van der Waals surface area contributed by atoms with E-state index in [1.807, 2.05) is 27.7 Å². The van der Waals surface area contributed by atoms with E-state index in [4.69, 9.17) is 11.2 Å². The highest BCUT2D eigenvalue weighted by atomic mass is 16.6. The Morgan fingerprint density at radius 3 is 2.11 bits per heavy atom. The van der Waals surface area contributed by atoms with Gasteiger partial charge in [0.25, 0.3) is 0 Å². The van der Waals surface area contributed by atoms with Crippen molar-refractivity contribution in [3.8, 4) is 12.3 Å². The van der Waals surface area contributed by atoms with Gasteiger partial charge in [-0.25, -0.2) is 4.79 Å². The third-order valence-corrected chi connectivity index (χ3v) is 5.51. The van der Waals surface area contributed by atoms with Gasteiger partial charge < -0.3 is 20.3 Å². The quantitative estimate of drug-likeness (QED) is 0.387. The monoisotopic (exact) mass is 499 g/mol. The molecule has 3 amide bonds. The van der Waals surface area contributed by atoms with Crippen molar-refractivity contribution in [3.05, 3.63) is 35.4 Å². The van der Waals surface area contributed by atoms with Gasteiger partial charge in [-0.2, -0.15) is 0 Å². The van der Waals surface area contributed by atoms with Crippen LogP contribution < -0.4 is 10.6 Å². The van der Waals surface area contributed by atoms with Gasteiger partial charge in [-0.05, 0) is 70.6 Å². The van der Waals surface area contributed by atoms with Gasteiger partial charge in [-0.3, -0.25) is 9.59 Å². The smallest absolute Gasteiger partial charge is 0.408 e. The van der Waals surface area contributed by atoms with Crippen LogP contribution in [-0.4, -0.2) is 47.0 Å². The summed E-state index contributed by atoms with van der Waals surface area (Å²) in [5, 5.41) is 5.83. The van der Waals surface area contributed by atoms with E-state index < -0.39 is 23.8 Å². The van der Waals surface area contributed by atoms with Gasteiger partial charge in [0.1, 0.15) is 17.7 Å². The molecule has 200 valence electrons. The molecule has 3 unspecified atom stereocenters. The number of terminal acetylenes is 1. The van der Waals surface area contributed by atoms with Crippen LogP contribution in [0.3, 0.4) is 0 Å².